The van der Waals surface area contributed by atoms with Gasteiger partial charge < -0.3 is 13.8 Å². The van der Waals surface area contributed by atoms with Gasteiger partial charge in [0.15, 0.2) is 5.66 Å². The number of ether oxygens (including phenoxy) is 1. The molecular weight excluding hydrogens is 220 g/mol. The van der Waals surface area contributed by atoms with E-state index in [9.17, 15) is 9.36 Å². The van der Waals surface area contributed by atoms with Crippen molar-refractivity contribution in [3.05, 3.63) is 0 Å². The maximum Gasteiger partial charge on any atom is 0.344 e. The van der Waals surface area contributed by atoms with Crippen molar-refractivity contribution >= 4 is 13.6 Å². The normalized spacial score (nSPS) is 13.6. The first-order chi connectivity index (χ1) is 7.01. The zero-order valence-corrected chi connectivity index (χ0v) is 10.6. The summed E-state index contributed by atoms with van der Waals surface area (Å²) in [5.41, 5.74) is -0.877. The molecule has 0 aliphatic carbocycles. The van der Waals surface area contributed by atoms with Crippen LogP contribution in [0.4, 0.5) is 0 Å². The summed E-state index contributed by atoms with van der Waals surface area (Å²) in [5.74, 6) is -0.553. The van der Waals surface area contributed by atoms with Crippen LogP contribution < -0.4 is 0 Å². The van der Waals surface area contributed by atoms with E-state index in [-0.39, 0.29) is 19.8 Å². The highest BCUT2D eigenvalue weighted by molar-refractivity contribution is 7.55. The van der Waals surface area contributed by atoms with Crippen molar-refractivity contribution in [2.24, 2.45) is 0 Å². The molecule has 0 rings (SSSR count). The summed E-state index contributed by atoms with van der Waals surface area (Å²) in [6.45, 7) is 7.30. The summed E-state index contributed by atoms with van der Waals surface area (Å²) in [7, 11) is -3.37. The molecular formula is C9H19O5P. The maximum absolute atomic E-state index is 12.1. The van der Waals surface area contributed by atoms with Gasteiger partial charge in [0, 0.05) is 0 Å². The van der Waals surface area contributed by atoms with Crippen molar-refractivity contribution in [3.63, 3.8) is 0 Å². The number of hydrogen-bond acceptors (Lipinski definition) is 5. The number of carbonyl (C=O) groups excluding carboxylic acids is 1. The predicted octanol–water partition coefficient (Wildman–Crippen LogP) is 2.20. The van der Waals surface area contributed by atoms with Gasteiger partial charge in [-0.05, 0) is 27.7 Å². The van der Waals surface area contributed by atoms with E-state index in [1.54, 1.807) is 20.8 Å². The lowest BCUT2D eigenvalue weighted by Crippen LogP contribution is -2.22. The SMILES string of the molecule is CCO[13C](=O)C(C)P(=O)(OCC)OCC. The Labute approximate surface area is 90.6 Å². The second-order valence-electron chi connectivity index (χ2n) is 2.80. The fourth-order valence-electron chi connectivity index (χ4n) is 1.01. The van der Waals surface area contributed by atoms with E-state index >= 15 is 0 Å². The Morgan fingerprint density at radius 1 is 1.13 bits per heavy atom. The molecule has 0 fully saturated rings. The third-order valence-electron chi connectivity index (χ3n) is 1.72. The van der Waals surface area contributed by atoms with E-state index < -0.39 is 19.2 Å². The minimum atomic E-state index is -3.37. The van der Waals surface area contributed by atoms with Crippen LogP contribution in [0.3, 0.4) is 0 Å². The molecule has 0 N–H and O–H groups in total. The highest BCUT2D eigenvalue weighted by Gasteiger charge is 2.38. The summed E-state index contributed by atoms with van der Waals surface area (Å²) in [6.07, 6.45) is 0. The van der Waals surface area contributed by atoms with Crippen LogP contribution in [-0.4, -0.2) is 31.4 Å². The molecule has 6 heteroatoms. The van der Waals surface area contributed by atoms with Gasteiger partial charge >= 0.3 is 13.6 Å². The van der Waals surface area contributed by atoms with Crippen LogP contribution in [0.15, 0.2) is 0 Å². The summed E-state index contributed by atoms with van der Waals surface area (Å²) < 4.78 is 26.9. The van der Waals surface area contributed by atoms with Crippen LogP contribution in [0, 0.1) is 0 Å². The molecule has 0 aromatic heterocycles. The molecule has 0 spiro atoms. The van der Waals surface area contributed by atoms with E-state index in [4.69, 9.17) is 13.8 Å². The van der Waals surface area contributed by atoms with E-state index in [0.717, 1.165) is 0 Å². The van der Waals surface area contributed by atoms with Gasteiger partial charge in [-0.25, -0.2) is 0 Å². The lowest BCUT2D eigenvalue weighted by molar-refractivity contribution is -0.142. The predicted molar refractivity (Wildman–Crippen MR) is 57.0 cm³/mol. The molecule has 0 aromatic rings. The molecule has 0 saturated heterocycles. The topological polar surface area (TPSA) is 61.8 Å². The van der Waals surface area contributed by atoms with Gasteiger partial charge in [0.25, 0.3) is 0 Å². The van der Waals surface area contributed by atoms with Crippen LogP contribution >= 0.6 is 7.60 Å². The van der Waals surface area contributed by atoms with E-state index in [0.29, 0.717) is 0 Å². The van der Waals surface area contributed by atoms with Crippen molar-refractivity contribution in [2.45, 2.75) is 33.4 Å². The van der Waals surface area contributed by atoms with Crippen LogP contribution in [-0.2, 0) is 23.1 Å². The standard InChI is InChI=1S/C9H19O5P/c1-5-12-9(10)8(4)15(11,13-6-2)14-7-3/h8H,5-7H2,1-4H3/i9+1. The molecule has 0 heterocycles. The van der Waals surface area contributed by atoms with E-state index in [1.807, 2.05) is 0 Å². The summed E-state index contributed by atoms with van der Waals surface area (Å²) in [6, 6.07) is 0. The smallest absolute Gasteiger partial charge is 0.344 e. The first-order valence-electron chi connectivity index (χ1n) is 5.07. The monoisotopic (exact) mass is 239 g/mol. The molecule has 0 bridgehead atoms. The fraction of sp³-hybridized carbons (Fsp3) is 0.889. The zero-order valence-electron chi connectivity index (χ0n) is 9.69. The third-order valence-corrected chi connectivity index (χ3v) is 4.12. The van der Waals surface area contributed by atoms with Crippen molar-refractivity contribution in [3.8, 4) is 0 Å². The van der Waals surface area contributed by atoms with Gasteiger partial charge in [-0.3, -0.25) is 9.36 Å². The second kappa shape index (κ2) is 6.99. The minimum absolute atomic E-state index is 0.237. The average molecular weight is 239 g/mol. The number of esters is 1. The van der Waals surface area contributed by atoms with Crippen molar-refractivity contribution in [1.29, 1.82) is 0 Å². The molecule has 90 valence electrons. The Morgan fingerprint density at radius 2 is 1.60 bits per heavy atom. The Balaban J connectivity index is 4.60. The maximum atomic E-state index is 12.1. The van der Waals surface area contributed by atoms with Crippen LogP contribution in [0.25, 0.3) is 0 Å². The molecule has 0 amide bonds. The number of carbonyl (C=O) groups is 1. The zero-order chi connectivity index (χ0) is 11.9. The summed E-state index contributed by atoms with van der Waals surface area (Å²) >= 11 is 0. The minimum Gasteiger partial charge on any atom is -0.465 e. The molecule has 15 heavy (non-hydrogen) atoms. The Kier molecular flexibility index (Phi) is 6.81. The molecule has 0 saturated carbocycles. The molecule has 1 atom stereocenters. The fourth-order valence-corrected chi connectivity index (χ4v) is 2.59. The van der Waals surface area contributed by atoms with Crippen molar-refractivity contribution in [2.75, 3.05) is 19.8 Å². The average Bonchev–Trinajstić information content (AvgIpc) is 2.17. The van der Waals surface area contributed by atoms with Crippen molar-refractivity contribution < 1.29 is 23.1 Å². The first kappa shape index (κ1) is 14.6. The lowest BCUT2D eigenvalue weighted by Gasteiger charge is -2.21. The number of hydrogen-bond donors (Lipinski definition) is 0. The van der Waals surface area contributed by atoms with Gasteiger partial charge in [-0.2, -0.15) is 0 Å². The molecule has 1 unspecified atom stereocenters. The summed E-state index contributed by atoms with van der Waals surface area (Å²) in [5, 5.41) is 0. The molecule has 0 radical (unpaired) electrons. The molecule has 0 aliphatic heterocycles. The summed E-state index contributed by atoms with van der Waals surface area (Å²) in [4.78, 5) is 11.4. The van der Waals surface area contributed by atoms with Gasteiger partial charge in [0.05, 0.1) is 19.8 Å². The molecule has 0 aromatic carbocycles. The lowest BCUT2D eigenvalue weighted by atomic mass is 10.7. The molecule has 5 nitrogen and oxygen atoms in total. The Hall–Kier alpha value is -0.380. The largest absolute Gasteiger partial charge is 0.465 e. The highest BCUT2D eigenvalue weighted by Crippen LogP contribution is 2.53. The van der Waals surface area contributed by atoms with Crippen molar-refractivity contribution in [1.82, 2.24) is 0 Å². The van der Waals surface area contributed by atoms with Gasteiger partial charge in [-0.15, -0.1) is 0 Å². The quantitative estimate of drug-likeness (QED) is 0.387. The van der Waals surface area contributed by atoms with Crippen LogP contribution in [0.1, 0.15) is 27.7 Å². The number of rotatable bonds is 7. The van der Waals surface area contributed by atoms with Gasteiger partial charge in [0.1, 0.15) is 0 Å². The first-order valence-corrected chi connectivity index (χ1v) is 6.68. The molecule has 0 aliphatic rings. The van der Waals surface area contributed by atoms with E-state index in [2.05, 4.69) is 0 Å². The van der Waals surface area contributed by atoms with Gasteiger partial charge in [0.2, 0.25) is 0 Å². The highest BCUT2D eigenvalue weighted by atomic mass is 31.2. The third kappa shape index (κ3) is 4.33. The van der Waals surface area contributed by atoms with Crippen LogP contribution in [0.2, 0.25) is 0 Å². The van der Waals surface area contributed by atoms with Gasteiger partial charge in [-0.1, -0.05) is 0 Å². The second-order valence-corrected chi connectivity index (χ2v) is 5.17. The van der Waals surface area contributed by atoms with Crippen LogP contribution in [0.5, 0.6) is 0 Å². The van der Waals surface area contributed by atoms with E-state index in [1.165, 1.54) is 6.92 Å². The Morgan fingerprint density at radius 3 is 1.93 bits per heavy atom. The Bertz CT molecular complexity index is 231.